The molecule has 0 heterocycles. The summed E-state index contributed by atoms with van der Waals surface area (Å²) in [6.45, 7) is 5.67. The number of halogens is 1. The molecule has 1 unspecified atom stereocenters. The van der Waals surface area contributed by atoms with Gasteiger partial charge in [-0.3, -0.25) is 0 Å². The van der Waals surface area contributed by atoms with Crippen molar-refractivity contribution in [2.75, 3.05) is 11.9 Å². The molecule has 1 aromatic rings. The van der Waals surface area contributed by atoms with Crippen LogP contribution in [-0.4, -0.2) is 30.0 Å². The molecule has 0 saturated carbocycles. The Morgan fingerprint density at radius 1 is 1.30 bits per heavy atom. The van der Waals surface area contributed by atoms with E-state index < -0.39 is 18.0 Å². The molecule has 0 aliphatic rings. The highest BCUT2D eigenvalue weighted by Crippen LogP contribution is 2.13. The van der Waals surface area contributed by atoms with Gasteiger partial charge in [0.15, 0.2) is 0 Å². The van der Waals surface area contributed by atoms with E-state index in [2.05, 4.69) is 22.5 Å². The summed E-state index contributed by atoms with van der Waals surface area (Å²) in [5.41, 5.74) is 0.761. The predicted octanol–water partition coefficient (Wildman–Crippen LogP) is 3.12. The highest BCUT2D eigenvalue weighted by atomic mass is 79.9. The monoisotopic (exact) mass is 340 g/mol. The Labute approximate surface area is 126 Å². The smallest absolute Gasteiger partial charge is 0.338 e. The van der Waals surface area contributed by atoms with E-state index in [0.29, 0.717) is 17.5 Å². The van der Waals surface area contributed by atoms with Crippen molar-refractivity contribution in [1.82, 2.24) is 0 Å². The molecule has 108 valence electrons. The summed E-state index contributed by atoms with van der Waals surface area (Å²) in [5.74, 6) is -0.888. The Kier molecular flexibility index (Phi) is 7.01. The maximum absolute atomic E-state index is 11.9. The van der Waals surface area contributed by atoms with Crippen LogP contribution in [0.3, 0.4) is 0 Å². The Morgan fingerprint density at radius 3 is 2.50 bits per heavy atom. The lowest BCUT2D eigenvalue weighted by molar-refractivity contribution is -0.138. The third-order valence-corrected chi connectivity index (χ3v) is 3.22. The van der Waals surface area contributed by atoms with Crippen LogP contribution in [0, 0.1) is 0 Å². The Balaban J connectivity index is 2.57. The van der Waals surface area contributed by atoms with Crippen molar-refractivity contribution in [3.63, 3.8) is 0 Å². The molecule has 0 radical (unpaired) electrons. The second-order valence-electron chi connectivity index (χ2n) is 4.08. The maximum atomic E-state index is 11.9. The van der Waals surface area contributed by atoms with Gasteiger partial charge in [0.2, 0.25) is 0 Å². The Hall–Kier alpha value is -1.62. The van der Waals surface area contributed by atoms with Gasteiger partial charge in [-0.2, -0.15) is 0 Å². The molecule has 0 bridgehead atoms. The minimum absolute atomic E-state index is 0.239. The third-order valence-electron chi connectivity index (χ3n) is 2.49. The quantitative estimate of drug-likeness (QED) is 0.434. The second kappa shape index (κ2) is 8.53. The van der Waals surface area contributed by atoms with Crippen LogP contribution in [0.2, 0.25) is 0 Å². The van der Waals surface area contributed by atoms with E-state index in [9.17, 15) is 9.59 Å². The Morgan fingerprint density at radius 2 is 1.95 bits per heavy atom. The summed E-state index contributed by atoms with van der Waals surface area (Å²) in [6, 6.07) is 8.69. The van der Waals surface area contributed by atoms with Crippen molar-refractivity contribution >= 4 is 27.9 Å². The van der Waals surface area contributed by atoms with E-state index in [1.54, 1.807) is 31.2 Å². The first-order valence-corrected chi connectivity index (χ1v) is 7.37. The lowest BCUT2D eigenvalue weighted by atomic mass is 10.1. The van der Waals surface area contributed by atoms with E-state index in [1.165, 1.54) is 0 Å². The predicted molar refractivity (Wildman–Crippen MR) is 79.8 cm³/mol. The number of rotatable bonds is 7. The fraction of sp³-hybridized carbons (Fsp3) is 0.333. The second-order valence-corrected chi connectivity index (χ2v) is 4.72. The zero-order valence-electron chi connectivity index (χ0n) is 11.3. The molecule has 0 saturated heterocycles. The average molecular weight is 341 g/mol. The molecule has 0 amide bonds. The van der Waals surface area contributed by atoms with Crippen LogP contribution in [0.4, 0.5) is 0 Å². The molecular formula is C15H17BrO4. The Bertz CT molecular complexity index is 470. The zero-order valence-corrected chi connectivity index (χ0v) is 12.9. The third kappa shape index (κ3) is 5.17. The largest absolute Gasteiger partial charge is 0.463 e. The van der Waals surface area contributed by atoms with E-state index >= 15 is 0 Å². The summed E-state index contributed by atoms with van der Waals surface area (Å²) in [4.78, 5) is 23.4. The van der Waals surface area contributed by atoms with Crippen LogP contribution in [0.1, 0.15) is 23.7 Å². The molecule has 0 aliphatic heterocycles. The normalized spacial score (nSPS) is 11.5. The minimum atomic E-state index is -0.464. The molecule has 0 aliphatic carbocycles. The molecule has 0 spiro atoms. The standard InChI is InChI=1S/C15H17BrO4/c1-3-19-14(17)11(2)9-13(10-16)20-15(18)12-7-5-4-6-8-12/h4-8,13H,2-3,9-10H2,1H3. The minimum Gasteiger partial charge on any atom is -0.463 e. The summed E-state index contributed by atoms with van der Waals surface area (Å²) in [6.07, 6.45) is -0.220. The highest BCUT2D eigenvalue weighted by molar-refractivity contribution is 9.09. The molecule has 0 fully saturated rings. The molecular weight excluding hydrogens is 324 g/mol. The number of hydrogen-bond acceptors (Lipinski definition) is 4. The van der Waals surface area contributed by atoms with Crippen molar-refractivity contribution in [2.24, 2.45) is 0 Å². The molecule has 1 rings (SSSR count). The van der Waals surface area contributed by atoms with Crippen molar-refractivity contribution < 1.29 is 19.1 Å². The van der Waals surface area contributed by atoms with Gasteiger partial charge in [0.05, 0.1) is 12.2 Å². The summed E-state index contributed by atoms with van der Waals surface area (Å²) in [5, 5.41) is 0.421. The van der Waals surface area contributed by atoms with Crippen LogP contribution in [-0.2, 0) is 14.3 Å². The van der Waals surface area contributed by atoms with Crippen molar-refractivity contribution in [2.45, 2.75) is 19.4 Å². The summed E-state index contributed by atoms with van der Waals surface area (Å²) >= 11 is 3.26. The number of alkyl halides is 1. The fourth-order valence-corrected chi connectivity index (χ4v) is 1.87. The fourth-order valence-electron chi connectivity index (χ4n) is 1.51. The van der Waals surface area contributed by atoms with Gasteiger partial charge >= 0.3 is 11.9 Å². The maximum Gasteiger partial charge on any atom is 0.338 e. The number of carbonyl (C=O) groups excluding carboxylic acids is 2. The SMILES string of the molecule is C=C(CC(CBr)OC(=O)c1ccccc1)C(=O)OCC. The first-order valence-electron chi connectivity index (χ1n) is 6.25. The van der Waals surface area contributed by atoms with Gasteiger partial charge in [-0.25, -0.2) is 9.59 Å². The summed E-state index contributed by atoms with van der Waals surface area (Å²) in [7, 11) is 0. The molecule has 20 heavy (non-hydrogen) atoms. The topological polar surface area (TPSA) is 52.6 Å². The highest BCUT2D eigenvalue weighted by Gasteiger charge is 2.19. The van der Waals surface area contributed by atoms with Crippen molar-refractivity contribution in [3.05, 3.63) is 48.0 Å². The molecule has 1 atom stereocenters. The van der Waals surface area contributed by atoms with Gasteiger partial charge in [-0.05, 0) is 19.1 Å². The van der Waals surface area contributed by atoms with Crippen molar-refractivity contribution in [3.8, 4) is 0 Å². The number of carbonyl (C=O) groups is 2. The average Bonchev–Trinajstić information content (AvgIpc) is 2.47. The van der Waals surface area contributed by atoms with Crippen LogP contribution < -0.4 is 0 Å². The van der Waals surface area contributed by atoms with Gasteiger partial charge in [0.25, 0.3) is 0 Å². The van der Waals surface area contributed by atoms with Crippen LogP contribution in [0.15, 0.2) is 42.5 Å². The molecule has 5 heteroatoms. The van der Waals surface area contributed by atoms with Crippen LogP contribution in [0.25, 0.3) is 0 Å². The molecule has 0 N–H and O–H groups in total. The van der Waals surface area contributed by atoms with Crippen LogP contribution >= 0.6 is 15.9 Å². The lowest BCUT2D eigenvalue weighted by Crippen LogP contribution is -2.22. The molecule has 0 aromatic heterocycles. The number of esters is 2. The molecule has 1 aromatic carbocycles. The first-order chi connectivity index (χ1) is 9.58. The summed E-state index contributed by atoms with van der Waals surface area (Å²) < 4.78 is 10.2. The van der Waals surface area contributed by atoms with Crippen molar-refractivity contribution in [1.29, 1.82) is 0 Å². The van der Waals surface area contributed by atoms with Gasteiger partial charge in [0, 0.05) is 17.3 Å². The first kappa shape index (κ1) is 16.4. The van der Waals surface area contributed by atoms with Gasteiger partial charge in [-0.15, -0.1) is 0 Å². The zero-order chi connectivity index (χ0) is 15.0. The van der Waals surface area contributed by atoms with Gasteiger partial charge in [0.1, 0.15) is 6.10 Å². The van der Waals surface area contributed by atoms with E-state index in [0.717, 1.165) is 0 Å². The van der Waals surface area contributed by atoms with Gasteiger partial charge < -0.3 is 9.47 Å². The number of benzene rings is 1. The number of hydrogen-bond donors (Lipinski definition) is 0. The van der Waals surface area contributed by atoms with E-state index in [1.807, 2.05) is 6.07 Å². The molecule has 4 nitrogen and oxygen atoms in total. The van der Waals surface area contributed by atoms with E-state index in [-0.39, 0.29) is 12.0 Å². The lowest BCUT2D eigenvalue weighted by Gasteiger charge is -2.16. The van der Waals surface area contributed by atoms with Crippen LogP contribution in [0.5, 0.6) is 0 Å². The number of ether oxygens (including phenoxy) is 2. The van der Waals surface area contributed by atoms with Gasteiger partial charge in [-0.1, -0.05) is 40.7 Å². The van der Waals surface area contributed by atoms with E-state index in [4.69, 9.17) is 9.47 Å².